The highest BCUT2D eigenvalue weighted by Crippen LogP contribution is 2.40. The number of nitrogens with two attached hydrogens (primary N) is 1. The van der Waals surface area contributed by atoms with Crippen LogP contribution in [0.2, 0.25) is 10.0 Å². The van der Waals surface area contributed by atoms with E-state index in [9.17, 15) is 5.11 Å². The largest absolute Gasteiger partial charge is 0.506 e. The van der Waals surface area contributed by atoms with E-state index >= 15 is 0 Å². The van der Waals surface area contributed by atoms with E-state index in [1.165, 1.54) is 6.07 Å². The summed E-state index contributed by atoms with van der Waals surface area (Å²) in [7, 11) is 0. The van der Waals surface area contributed by atoms with Crippen LogP contribution in [0, 0.1) is 5.41 Å². The van der Waals surface area contributed by atoms with Gasteiger partial charge in [-0.05, 0) is 17.5 Å². The van der Waals surface area contributed by atoms with Crippen molar-refractivity contribution in [3.05, 3.63) is 27.7 Å². The van der Waals surface area contributed by atoms with Gasteiger partial charge in [-0.15, -0.1) is 12.4 Å². The van der Waals surface area contributed by atoms with Crippen molar-refractivity contribution in [2.45, 2.75) is 26.8 Å². The summed E-state index contributed by atoms with van der Waals surface area (Å²) in [5.41, 5.74) is 6.46. The lowest BCUT2D eigenvalue weighted by Crippen LogP contribution is -2.26. The highest BCUT2D eigenvalue weighted by atomic mass is 35.5. The van der Waals surface area contributed by atoms with Crippen molar-refractivity contribution in [2.75, 3.05) is 0 Å². The van der Waals surface area contributed by atoms with Crippen molar-refractivity contribution in [3.8, 4) is 5.75 Å². The van der Waals surface area contributed by atoms with Crippen LogP contribution in [-0.2, 0) is 0 Å². The quantitative estimate of drug-likeness (QED) is 0.813. The van der Waals surface area contributed by atoms with Crippen molar-refractivity contribution in [2.24, 2.45) is 11.1 Å². The van der Waals surface area contributed by atoms with Crippen LogP contribution in [-0.4, -0.2) is 5.11 Å². The maximum atomic E-state index is 9.79. The molecule has 1 aromatic carbocycles. The molecule has 0 spiro atoms. The molecule has 0 unspecified atom stereocenters. The summed E-state index contributed by atoms with van der Waals surface area (Å²) in [6, 6.07) is 2.84. The first-order valence-electron chi connectivity index (χ1n) is 4.67. The molecule has 3 N–H and O–H groups in total. The van der Waals surface area contributed by atoms with E-state index in [0.29, 0.717) is 10.6 Å². The van der Waals surface area contributed by atoms with Gasteiger partial charge in [-0.2, -0.15) is 0 Å². The number of phenols is 1. The summed E-state index contributed by atoms with van der Waals surface area (Å²) >= 11 is 11.7. The molecule has 0 fully saturated rings. The van der Waals surface area contributed by atoms with Gasteiger partial charge in [0.15, 0.2) is 0 Å². The van der Waals surface area contributed by atoms with E-state index in [1.807, 2.05) is 20.8 Å². The summed E-state index contributed by atoms with van der Waals surface area (Å²) in [4.78, 5) is 0. The number of hydrogen-bond donors (Lipinski definition) is 2. The Morgan fingerprint density at radius 3 is 2.19 bits per heavy atom. The zero-order valence-corrected chi connectivity index (χ0v) is 11.7. The number of rotatable bonds is 1. The molecule has 0 aliphatic heterocycles. The molecular formula is C11H16Cl3NO. The molecule has 92 valence electrons. The standard InChI is InChI=1S/C11H15Cl2NO.ClH/c1-11(2,3)10(14)7-4-6(12)5-8(13)9(7)15;/h4-5,10,15H,14H2,1-3H3;1H/t10-;/m0./s1. The normalized spacial score (nSPS) is 13.1. The van der Waals surface area contributed by atoms with Gasteiger partial charge in [-0.3, -0.25) is 0 Å². The van der Waals surface area contributed by atoms with Gasteiger partial charge in [0.2, 0.25) is 0 Å². The van der Waals surface area contributed by atoms with Crippen LogP contribution in [0.4, 0.5) is 0 Å². The molecule has 16 heavy (non-hydrogen) atoms. The SMILES string of the molecule is CC(C)(C)[C@@H](N)c1cc(Cl)cc(Cl)c1O.Cl. The van der Waals surface area contributed by atoms with E-state index in [1.54, 1.807) is 6.07 Å². The van der Waals surface area contributed by atoms with Gasteiger partial charge in [0.05, 0.1) is 5.02 Å². The minimum Gasteiger partial charge on any atom is -0.506 e. The molecule has 0 radical (unpaired) electrons. The number of phenolic OH excluding ortho intramolecular Hbond substituents is 1. The lowest BCUT2D eigenvalue weighted by atomic mass is 9.83. The van der Waals surface area contributed by atoms with E-state index in [4.69, 9.17) is 28.9 Å². The maximum absolute atomic E-state index is 9.79. The van der Waals surface area contributed by atoms with Crippen LogP contribution in [0.5, 0.6) is 5.75 Å². The molecule has 0 heterocycles. The predicted octanol–water partition coefficient (Wildman–Crippen LogP) is 4.17. The Balaban J connectivity index is 0.00000225. The van der Waals surface area contributed by atoms with Gasteiger partial charge in [0.1, 0.15) is 5.75 Å². The van der Waals surface area contributed by atoms with Crippen LogP contribution in [0.15, 0.2) is 12.1 Å². The molecule has 0 aliphatic rings. The molecule has 1 aromatic rings. The zero-order valence-electron chi connectivity index (χ0n) is 9.42. The summed E-state index contributed by atoms with van der Waals surface area (Å²) < 4.78 is 0. The molecule has 0 saturated heterocycles. The van der Waals surface area contributed by atoms with E-state index in [-0.39, 0.29) is 34.6 Å². The van der Waals surface area contributed by atoms with Crippen LogP contribution >= 0.6 is 35.6 Å². The third-order valence-corrected chi connectivity index (χ3v) is 2.83. The number of halogens is 3. The lowest BCUT2D eigenvalue weighted by Gasteiger charge is -2.28. The second-order valence-corrected chi connectivity index (χ2v) is 5.51. The lowest BCUT2D eigenvalue weighted by molar-refractivity contribution is 0.318. The Morgan fingerprint density at radius 2 is 1.75 bits per heavy atom. The molecule has 0 aromatic heterocycles. The van der Waals surface area contributed by atoms with Gasteiger partial charge in [0.25, 0.3) is 0 Å². The Labute approximate surface area is 112 Å². The van der Waals surface area contributed by atoms with Crippen LogP contribution in [0.25, 0.3) is 0 Å². The van der Waals surface area contributed by atoms with Gasteiger partial charge >= 0.3 is 0 Å². The molecule has 0 aliphatic carbocycles. The Kier molecular flexibility index (Phi) is 5.40. The van der Waals surface area contributed by atoms with Crippen LogP contribution in [0.1, 0.15) is 32.4 Å². The fraction of sp³-hybridized carbons (Fsp3) is 0.455. The van der Waals surface area contributed by atoms with Crippen molar-refractivity contribution >= 4 is 35.6 Å². The monoisotopic (exact) mass is 283 g/mol. The second kappa shape index (κ2) is 5.46. The minimum absolute atomic E-state index is 0. The van der Waals surface area contributed by atoms with Crippen molar-refractivity contribution in [1.82, 2.24) is 0 Å². The van der Waals surface area contributed by atoms with Crippen molar-refractivity contribution in [3.63, 3.8) is 0 Å². The number of aromatic hydroxyl groups is 1. The topological polar surface area (TPSA) is 46.2 Å². The fourth-order valence-corrected chi connectivity index (χ4v) is 1.80. The number of benzene rings is 1. The third-order valence-electron chi connectivity index (χ3n) is 2.33. The first-order valence-corrected chi connectivity index (χ1v) is 5.42. The van der Waals surface area contributed by atoms with E-state index in [0.717, 1.165) is 0 Å². The average Bonchev–Trinajstić information content (AvgIpc) is 2.08. The molecule has 5 heteroatoms. The van der Waals surface area contributed by atoms with Gasteiger partial charge in [-0.1, -0.05) is 44.0 Å². The zero-order chi connectivity index (χ0) is 11.8. The summed E-state index contributed by atoms with van der Waals surface area (Å²) in [6.45, 7) is 5.98. The van der Waals surface area contributed by atoms with Gasteiger partial charge in [0, 0.05) is 16.6 Å². The molecule has 1 rings (SSSR count). The second-order valence-electron chi connectivity index (χ2n) is 4.67. The Bertz CT molecular complexity index is 374. The smallest absolute Gasteiger partial charge is 0.139 e. The van der Waals surface area contributed by atoms with Crippen LogP contribution < -0.4 is 5.73 Å². The molecule has 1 atom stereocenters. The highest BCUT2D eigenvalue weighted by molar-refractivity contribution is 6.35. The Morgan fingerprint density at radius 1 is 1.25 bits per heavy atom. The number of hydrogen-bond acceptors (Lipinski definition) is 2. The van der Waals surface area contributed by atoms with E-state index in [2.05, 4.69) is 0 Å². The summed E-state index contributed by atoms with van der Waals surface area (Å²) in [6.07, 6.45) is 0. The Hall–Kier alpha value is -0.150. The third kappa shape index (κ3) is 3.42. The average molecular weight is 285 g/mol. The van der Waals surface area contributed by atoms with Crippen molar-refractivity contribution < 1.29 is 5.11 Å². The predicted molar refractivity (Wildman–Crippen MR) is 71.8 cm³/mol. The molecular weight excluding hydrogens is 268 g/mol. The molecule has 2 nitrogen and oxygen atoms in total. The first-order chi connectivity index (χ1) is 6.73. The van der Waals surface area contributed by atoms with Gasteiger partial charge in [-0.25, -0.2) is 0 Å². The van der Waals surface area contributed by atoms with E-state index < -0.39 is 0 Å². The summed E-state index contributed by atoms with van der Waals surface area (Å²) in [5, 5.41) is 10.5. The maximum Gasteiger partial charge on any atom is 0.139 e. The summed E-state index contributed by atoms with van der Waals surface area (Å²) in [5.74, 6) is 0.0171. The first kappa shape index (κ1) is 15.9. The fourth-order valence-electron chi connectivity index (χ4n) is 1.29. The van der Waals surface area contributed by atoms with Crippen LogP contribution in [0.3, 0.4) is 0 Å². The van der Waals surface area contributed by atoms with Crippen molar-refractivity contribution in [1.29, 1.82) is 0 Å². The molecule has 0 bridgehead atoms. The molecule has 0 amide bonds. The minimum atomic E-state index is -0.311. The molecule has 0 saturated carbocycles. The highest BCUT2D eigenvalue weighted by Gasteiger charge is 2.25. The van der Waals surface area contributed by atoms with Gasteiger partial charge < -0.3 is 10.8 Å².